The average molecular weight is 426 g/mol. The number of anilines is 1. The van der Waals surface area contributed by atoms with E-state index >= 15 is 0 Å². The van der Waals surface area contributed by atoms with Gasteiger partial charge in [0.05, 0.1) is 6.04 Å². The Morgan fingerprint density at radius 3 is 2.84 bits per heavy atom. The molecule has 4 rings (SSSR count). The summed E-state index contributed by atoms with van der Waals surface area (Å²) in [6, 6.07) is 9.74. The molecule has 0 saturated carbocycles. The van der Waals surface area contributed by atoms with E-state index < -0.39 is 0 Å². The number of fused-ring (bicyclic) bond motifs is 1. The van der Waals surface area contributed by atoms with Crippen LogP contribution in [0.4, 0.5) is 5.69 Å². The summed E-state index contributed by atoms with van der Waals surface area (Å²) in [4.78, 5) is 31.3. The zero-order valence-corrected chi connectivity index (χ0v) is 18.1. The quantitative estimate of drug-likeness (QED) is 0.394. The van der Waals surface area contributed by atoms with Gasteiger partial charge in [-0.05, 0) is 38.3 Å². The summed E-state index contributed by atoms with van der Waals surface area (Å²) < 4.78 is 3.37. The fourth-order valence-electron chi connectivity index (χ4n) is 4.18. The summed E-state index contributed by atoms with van der Waals surface area (Å²) in [5, 5.41) is 11.1. The minimum Gasteiger partial charge on any atom is -0.357 e. The van der Waals surface area contributed by atoms with Gasteiger partial charge in [-0.25, -0.2) is 9.48 Å². The lowest BCUT2D eigenvalue weighted by atomic mass is 10.2. The number of benzene rings is 1. The number of carbonyl (C=O) groups is 1. The molecule has 1 fully saturated rings. The van der Waals surface area contributed by atoms with Gasteiger partial charge < -0.3 is 15.5 Å². The fourth-order valence-corrected chi connectivity index (χ4v) is 4.18. The molecule has 2 aliphatic rings. The van der Waals surface area contributed by atoms with Crippen LogP contribution < -0.4 is 21.2 Å². The van der Waals surface area contributed by atoms with E-state index in [0.717, 1.165) is 50.3 Å². The lowest BCUT2D eigenvalue weighted by Gasteiger charge is -2.19. The highest BCUT2D eigenvalue weighted by Crippen LogP contribution is 2.20. The number of rotatable bonds is 7. The summed E-state index contributed by atoms with van der Waals surface area (Å²) in [5.41, 5.74) is 0.918. The molecule has 1 amide bonds. The van der Waals surface area contributed by atoms with Gasteiger partial charge in [-0.2, -0.15) is 5.10 Å². The summed E-state index contributed by atoms with van der Waals surface area (Å²) in [7, 11) is 0. The molecule has 0 bridgehead atoms. The van der Waals surface area contributed by atoms with Crippen LogP contribution >= 0.6 is 0 Å². The number of hydrogen-bond donors (Lipinski definition) is 2. The van der Waals surface area contributed by atoms with Crippen molar-refractivity contribution in [2.75, 3.05) is 24.5 Å². The van der Waals surface area contributed by atoms with E-state index in [2.05, 4.69) is 20.7 Å². The van der Waals surface area contributed by atoms with Crippen LogP contribution in [0.15, 0.2) is 40.1 Å². The first-order valence-corrected chi connectivity index (χ1v) is 11.2. The molecule has 2 N–H and O–H groups in total. The van der Waals surface area contributed by atoms with E-state index in [1.807, 2.05) is 42.2 Å². The normalized spacial score (nSPS) is 18.9. The fraction of sp³-hybridized carbons (Fsp3) is 0.545. The van der Waals surface area contributed by atoms with Crippen LogP contribution in [-0.4, -0.2) is 51.9 Å². The number of nitrogens with one attached hydrogen (secondary N) is 2. The molecule has 9 heteroatoms. The van der Waals surface area contributed by atoms with Gasteiger partial charge in [0.25, 0.3) is 0 Å². The second-order valence-electron chi connectivity index (χ2n) is 8.03. The molecule has 0 aliphatic carbocycles. The highest BCUT2D eigenvalue weighted by molar-refractivity contribution is 5.97. The van der Waals surface area contributed by atoms with Crippen molar-refractivity contribution in [1.82, 2.24) is 25.0 Å². The molecule has 166 valence electrons. The number of aromatic nitrogens is 3. The number of para-hydroxylation sites is 1. The van der Waals surface area contributed by atoms with E-state index in [0.29, 0.717) is 32.0 Å². The molecule has 1 aromatic carbocycles. The van der Waals surface area contributed by atoms with Crippen LogP contribution in [0.5, 0.6) is 0 Å². The maximum atomic E-state index is 12.4. The number of carbonyl (C=O) groups excluding carboxylic acids is 1. The van der Waals surface area contributed by atoms with E-state index in [9.17, 15) is 9.59 Å². The molecule has 1 unspecified atom stereocenters. The minimum atomic E-state index is -0.00539. The van der Waals surface area contributed by atoms with Crippen LogP contribution in [0.1, 0.15) is 38.4 Å². The average Bonchev–Trinajstić information content (AvgIpc) is 3.31. The van der Waals surface area contributed by atoms with E-state index in [4.69, 9.17) is 0 Å². The number of guanidine groups is 1. The van der Waals surface area contributed by atoms with Gasteiger partial charge in [-0.1, -0.05) is 18.2 Å². The smallest absolute Gasteiger partial charge is 0.345 e. The molecule has 1 aromatic heterocycles. The lowest BCUT2D eigenvalue weighted by molar-refractivity contribution is -0.117. The van der Waals surface area contributed by atoms with Gasteiger partial charge in [0.15, 0.2) is 5.96 Å². The largest absolute Gasteiger partial charge is 0.357 e. The monoisotopic (exact) mass is 425 g/mol. The van der Waals surface area contributed by atoms with Gasteiger partial charge in [-0.3, -0.25) is 14.4 Å². The Bertz CT molecular complexity index is 979. The molecule has 3 heterocycles. The molecule has 0 radical (unpaired) electrons. The van der Waals surface area contributed by atoms with Crippen LogP contribution in [0.3, 0.4) is 0 Å². The molecular weight excluding hydrogens is 394 g/mol. The highest BCUT2D eigenvalue weighted by Gasteiger charge is 2.31. The minimum absolute atomic E-state index is 0.00539. The maximum absolute atomic E-state index is 12.4. The van der Waals surface area contributed by atoms with Crippen molar-refractivity contribution in [2.24, 2.45) is 4.99 Å². The Kier molecular flexibility index (Phi) is 6.69. The third-order valence-corrected chi connectivity index (χ3v) is 5.71. The van der Waals surface area contributed by atoms with Gasteiger partial charge in [0.1, 0.15) is 5.82 Å². The topological polar surface area (TPSA) is 96.5 Å². The van der Waals surface area contributed by atoms with Crippen molar-refractivity contribution >= 4 is 17.6 Å². The number of aryl methyl sites for hydroxylation is 2. The van der Waals surface area contributed by atoms with Crippen molar-refractivity contribution in [3.8, 4) is 0 Å². The second kappa shape index (κ2) is 9.80. The van der Waals surface area contributed by atoms with E-state index in [-0.39, 0.29) is 17.6 Å². The number of amides is 1. The Hall–Kier alpha value is -3.10. The molecular formula is C22H31N7O2. The summed E-state index contributed by atoms with van der Waals surface area (Å²) >= 11 is 0. The van der Waals surface area contributed by atoms with Gasteiger partial charge in [0, 0.05) is 51.3 Å². The van der Waals surface area contributed by atoms with Crippen molar-refractivity contribution in [3.63, 3.8) is 0 Å². The zero-order chi connectivity index (χ0) is 21.6. The predicted molar refractivity (Wildman–Crippen MR) is 120 cm³/mol. The molecule has 31 heavy (non-hydrogen) atoms. The molecule has 2 aliphatic heterocycles. The first kappa shape index (κ1) is 21.1. The van der Waals surface area contributed by atoms with Crippen LogP contribution in [-0.2, 0) is 24.3 Å². The molecule has 2 aromatic rings. The van der Waals surface area contributed by atoms with Crippen LogP contribution in [0.2, 0.25) is 0 Å². The predicted octanol–water partition coefficient (Wildman–Crippen LogP) is 1.13. The first-order valence-electron chi connectivity index (χ1n) is 11.2. The van der Waals surface area contributed by atoms with E-state index in [1.54, 1.807) is 9.25 Å². The Morgan fingerprint density at radius 1 is 1.23 bits per heavy atom. The number of nitrogens with zero attached hydrogens (tertiary/aromatic N) is 5. The number of aliphatic imine (C=N–C) groups is 1. The van der Waals surface area contributed by atoms with Crippen molar-refractivity contribution in [2.45, 2.75) is 58.2 Å². The molecule has 0 spiro atoms. The Labute approximate surface area is 182 Å². The number of hydrogen-bond acceptors (Lipinski definition) is 4. The van der Waals surface area contributed by atoms with Crippen molar-refractivity contribution in [3.05, 3.63) is 46.6 Å². The SMILES string of the molecule is CCNC(=NCCCn1nc2n(c1=O)CCCC2)NC1CC(=O)N(c2ccccc2)C1. The Balaban J connectivity index is 1.31. The maximum Gasteiger partial charge on any atom is 0.345 e. The summed E-state index contributed by atoms with van der Waals surface area (Å²) in [6.07, 6.45) is 4.20. The summed E-state index contributed by atoms with van der Waals surface area (Å²) in [5.74, 6) is 1.72. The van der Waals surface area contributed by atoms with Gasteiger partial charge >= 0.3 is 5.69 Å². The third-order valence-electron chi connectivity index (χ3n) is 5.71. The molecule has 9 nitrogen and oxygen atoms in total. The Morgan fingerprint density at radius 2 is 2.06 bits per heavy atom. The van der Waals surface area contributed by atoms with Gasteiger partial charge in [0.2, 0.25) is 5.91 Å². The standard InChI is InChI=1S/C22H31N7O2/c1-2-23-21(25-17-15-20(30)28(16-17)18-9-4-3-5-10-18)24-12-8-14-29-22(31)27-13-7-6-11-19(27)26-29/h3-5,9-10,17H,2,6-8,11-16H2,1H3,(H2,23,24,25). The first-order chi connectivity index (χ1) is 15.2. The van der Waals surface area contributed by atoms with Crippen molar-refractivity contribution < 1.29 is 4.79 Å². The zero-order valence-electron chi connectivity index (χ0n) is 18.1. The van der Waals surface area contributed by atoms with Crippen molar-refractivity contribution in [1.29, 1.82) is 0 Å². The van der Waals surface area contributed by atoms with Gasteiger partial charge in [-0.15, -0.1) is 0 Å². The molecule has 1 atom stereocenters. The van der Waals surface area contributed by atoms with Crippen LogP contribution in [0, 0.1) is 0 Å². The molecule has 1 saturated heterocycles. The van der Waals surface area contributed by atoms with E-state index in [1.165, 1.54) is 0 Å². The second-order valence-corrected chi connectivity index (χ2v) is 8.03. The third kappa shape index (κ3) is 4.98. The summed E-state index contributed by atoms with van der Waals surface area (Å²) in [6.45, 7) is 5.28. The lowest BCUT2D eigenvalue weighted by Crippen LogP contribution is -2.44. The highest BCUT2D eigenvalue weighted by atomic mass is 16.2. The van der Waals surface area contributed by atoms with Crippen LogP contribution in [0.25, 0.3) is 0 Å².